The fraction of sp³-hybridized carbons (Fsp3) is 0.308. The van der Waals surface area contributed by atoms with Crippen LogP contribution in [0.3, 0.4) is 0 Å². The van der Waals surface area contributed by atoms with Crippen molar-refractivity contribution < 1.29 is 5.11 Å². The highest BCUT2D eigenvalue weighted by Gasteiger charge is 1.99. The lowest BCUT2D eigenvalue weighted by atomic mass is 10.1. The number of hydrogen-bond acceptors (Lipinski definition) is 3. The summed E-state index contributed by atoms with van der Waals surface area (Å²) in [6.07, 6.45) is 3.48. The second kappa shape index (κ2) is 5.35. The van der Waals surface area contributed by atoms with Gasteiger partial charge in [0.05, 0.1) is 0 Å². The van der Waals surface area contributed by atoms with Crippen LogP contribution in [0.2, 0.25) is 0 Å². The first-order valence-electron chi connectivity index (χ1n) is 5.29. The zero-order valence-corrected chi connectivity index (χ0v) is 9.94. The van der Waals surface area contributed by atoms with Gasteiger partial charge < -0.3 is 10.8 Å². The van der Waals surface area contributed by atoms with Gasteiger partial charge in [0, 0.05) is 18.0 Å². The molecule has 0 aliphatic rings. The molecule has 0 amide bonds. The molecule has 1 rings (SSSR count). The van der Waals surface area contributed by atoms with Crippen LogP contribution in [0.25, 0.3) is 5.70 Å². The highest BCUT2D eigenvalue weighted by molar-refractivity contribution is 5.83. The number of allylic oxidation sites excluding steroid dienone is 1. The molecule has 0 bridgehead atoms. The van der Waals surface area contributed by atoms with Crippen molar-refractivity contribution in [3.63, 3.8) is 0 Å². The van der Waals surface area contributed by atoms with Gasteiger partial charge in [0.1, 0.15) is 5.75 Å². The van der Waals surface area contributed by atoms with Crippen LogP contribution in [0.5, 0.6) is 5.75 Å². The number of hydrogen-bond donors (Lipinski definition) is 2. The van der Waals surface area contributed by atoms with E-state index in [0.717, 1.165) is 11.1 Å². The van der Waals surface area contributed by atoms with Crippen molar-refractivity contribution in [2.24, 2.45) is 10.7 Å². The third kappa shape index (κ3) is 3.42. The summed E-state index contributed by atoms with van der Waals surface area (Å²) in [6, 6.07) is 5.55. The SMILES string of the molecule is Cc1cc(C(N)=CC=NC(C)C)ccc1O. The van der Waals surface area contributed by atoms with Gasteiger partial charge in [-0.05, 0) is 56.2 Å². The van der Waals surface area contributed by atoms with Crippen LogP contribution in [0.4, 0.5) is 0 Å². The van der Waals surface area contributed by atoms with Gasteiger partial charge in [-0.15, -0.1) is 0 Å². The van der Waals surface area contributed by atoms with E-state index in [1.165, 1.54) is 0 Å². The smallest absolute Gasteiger partial charge is 0.118 e. The minimum Gasteiger partial charge on any atom is -0.508 e. The Morgan fingerprint density at radius 3 is 2.69 bits per heavy atom. The van der Waals surface area contributed by atoms with E-state index >= 15 is 0 Å². The van der Waals surface area contributed by atoms with Crippen LogP contribution in [0.1, 0.15) is 25.0 Å². The molecule has 0 fully saturated rings. The number of nitrogens with zero attached hydrogens (tertiary/aromatic N) is 1. The first-order valence-corrected chi connectivity index (χ1v) is 5.29. The first-order chi connectivity index (χ1) is 7.50. The minimum atomic E-state index is 0.269. The molecule has 0 saturated heterocycles. The fourth-order valence-electron chi connectivity index (χ4n) is 1.23. The molecule has 0 radical (unpaired) electrons. The lowest BCUT2D eigenvalue weighted by molar-refractivity contribution is 0.471. The molecule has 0 saturated carbocycles. The normalized spacial score (nSPS) is 12.6. The van der Waals surface area contributed by atoms with Crippen LogP contribution in [0.15, 0.2) is 29.3 Å². The summed E-state index contributed by atoms with van der Waals surface area (Å²) in [7, 11) is 0. The molecule has 0 spiro atoms. The van der Waals surface area contributed by atoms with Gasteiger partial charge in [0.15, 0.2) is 0 Å². The number of aromatic hydroxyl groups is 1. The van der Waals surface area contributed by atoms with Gasteiger partial charge in [-0.3, -0.25) is 4.99 Å². The summed E-state index contributed by atoms with van der Waals surface area (Å²) in [5, 5.41) is 9.39. The van der Waals surface area contributed by atoms with E-state index in [-0.39, 0.29) is 11.8 Å². The minimum absolute atomic E-state index is 0.269. The highest BCUT2D eigenvalue weighted by atomic mass is 16.3. The van der Waals surface area contributed by atoms with E-state index in [9.17, 15) is 5.11 Å². The molecule has 0 aliphatic carbocycles. The Kier molecular flexibility index (Phi) is 4.11. The quantitative estimate of drug-likeness (QED) is 0.766. The molecule has 0 aliphatic heterocycles. The molecule has 0 aromatic heterocycles. The Bertz CT molecular complexity index is 420. The second-order valence-corrected chi connectivity index (χ2v) is 4.02. The van der Waals surface area contributed by atoms with E-state index in [0.29, 0.717) is 5.70 Å². The molecule has 16 heavy (non-hydrogen) atoms. The Morgan fingerprint density at radius 2 is 2.12 bits per heavy atom. The van der Waals surface area contributed by atoms with Crippen LogP contribution >= 0.6 is 0 Å². The zero-order chi connectivity index (χ0) is 12.1. The summed E-state index contributed by atoms with van der Waals surface area (Å²) in [6.45, 7) is 5.85. The Morgan fingerprint density at radius 1 is 1.44 bits per heavy atom. The number of aliphatic imine (C=N–C) groups is 1. The summed E-state index contributed by atoms with van der Waals surface area (Å²) in [5.74, 6) is 0.285. The molecule has 3 N–H and O–H groups in total. The number of phenolic OH excluding ortho intramolecular Hbond substituents is 1. The van der Waals surface area contributed by atoms with Crippen molar-refractivity contribution in [2.45, 2.75) is 26.8 Å². The van der Waals surface area contributed by atoms with E-state index < -0.39 is 0 Å². The summed E-state index contributed by atoms with van der Waals surface area (Å²) in [5.41, 5.74) is 8.24. The Labute approximate surface area is 96.3 Å². The molecular formula is C13H18N2O. The maximum atomic E-state index is 9.39. The van der Waals surface area contributed by atoms with Crippen molar-refractivity contribution >= 4 is 11.9 Å². The Hall–Kier alpha value is -1.77. The van der Waals surface area contributed by atoms with Crippen molar-refractivity contribution in [3.8, 4) is 5.75 Å². The first kappa shape index (κ1) is 12.3. The summed E-state index contributed by atoms with van der Waals surface area (Å²) >= 11 is 0. The van der Waals surface area contributed by atoms with Crippen molar-refractivity contribution in [3.05, 3.63) is 35.4 Å². The number of phenols is 1. The van der Waals surface area contributed by atoms with E-state index in [1.807, 2.05) is 26.8 Å². The number of nitrogens with two attached hydrogens (primary N) is 1. The molecule has 0 heterocycles. The number of benzene rings is 1. The third-order valence-electron chi connectivity index (χ3n) is 2.17. The lowest BCUT2D eigenvalue weighted by Crippen LogP contribution is -1.97. The largest absolute Gasteiger partial charge is 0.508 e. The van der Waals surface area contributed by atoms with Crippen molar-refractivity contribution in [1.82, 2.24) is 0 Å². The molecule has 0 unspecified atom stereocenters. The van der Waals surface area contributed by atoms with E-state index in [4.69, 9.17) is 5.73 Å². The predicted octanol–water partition coefficient (Wildman–Crippen LogP) is 2.48. The third-order valence-corrected chi connectivity index (χ3v) is 2.17. The van der Waals surface area contributed by atoms with Gasteiger partial charge in [-0.1, -0.05) is 0 Å². The fourth-order valence-corrected chi connectivity index (χ4v) is 1.23. The van der Waals surface area contributed by atoms with E-state index in [1.54, 1.807) is 24.4 Å². The van der Waals surface area contributed by atoms with Crippen LogP contribution in [-0.4, -0.2) is 17.4 Å². The zero-order valence-electron chi connectivity index (χ0n) is 9.94. The molecule has 3 heteroatoms. The van der Waals surface area contributed by atoms with Crippen LogP contribution < -0.4 is 5.73 Å². The molecule has 86 valence electrons. The van der Waals surface area contributed by atoms with Gasteiger partial charge in [0.25, 0.3) is 0 Å². The molecule has 1 aromatic rings. The van der Waals surface area contributed by atoms with E-state index in [2.05, 4.69) is 4.99 Å². The summed E-state index contributed by atoms with van der Waals surface area (Å²) < 4.78 is 0. The standard InChI is InChI=1S/C13H18N2O/c1-9(2)15-7-6-12(14)11-4-5-13(16)10(3)8-11/h4-9,16H,14H2,1-3H3. The number of aryl methyl sites for hydroxylation is 1. The topological polar surface area (TPSA) is 58.6 Å². The van der Waals surface area contributed by atoms with Gasteiger partial charge >= 0.3 is 0 Å². The van der Waals surface area contributed by atoms with Gasteiger partial charge in [-0.2, -0.15) is 0 Å². The monoisotopic (exact) mass is 218 g/mol. The highest BCUT2D eigenvalue weighted by Crippen LogP contribution is 2.19. The average Bonchev–Trinajstić information content (AvgIpc) is 2.21. The Balaban J connectivity index is 2.88. The maximum absolute atomic E-state index is 9.39. The second-order valence-electron chi connectivity index (χ2n) is 4.02. The van der Waals surface area contributed by atoms with Crippen LogP contribution in [-0.2, 0) is 0 Å². The van der Waals surface area contributed by atoms with Crippen LogP contribution in [0, 0.1) is 6.92 Å². The average molecular weight is 218 g/mol. The van der Waals surface area contributed by atoms with Crippen molar-refractivity contribution in [1.29, 1.82) is 0 Å². The van der Waals surface area contributed by atoms with Gasteiger partial charge in [0.2, 0.25) is 0 Å². The number of rotatable bonds is 3. The summed E-state index contributed by atoms with van der Waals surface area (Å²) in [4.78, 5) is 4.20. The van der Waals surface area contributed by atoms with Crippen molar-refractivity contribution in [2.75, 3.05) is 0 Å². The predicted molar refractivity (Wildman–Crippen MR) is 68.6 cm³/mol. The molecule has 1 aromatic carbocycles. The van der Waals surface area contributed by atoms with Gasteiger partial charge in [-0.25, -0.2) is 0 Å². The maximum Gasteiger partial charge on any atom is 0.118 e. The molecule has 3 nitrogen and oxygen atoms in total. The lowest BCUT2D eigenvalue weighted by Gasteiger charge is -2.03. The molecular weight excluding hydrogens is 200 g/mol. The molecule has 0 atom stereocenters.